The van der Waals surface area contributed by atoms with Crippen LogP contribution in [0.1, 0.15) is 46.8 Å². The molecule has 0 unspecified atom stereocenters. The molecular formula is C18H22N6OS2. The van der Waals surface area contributed by atoms with Crippen molar-refractivity contribution in [3.8, 4) is 0 Å². The Morgan fingerprint density at radius 1 is 1.19 bits per heavy atom. The smallest absolute Gasteiger partial charge is 0.253 e. The Labute approximate surface area is 166 Å². The molecule has 0 bridgehead atoms. The molecule has 0 fully saturated rings. The van der Waals surface area contributed by atoms with Crippen LogP contribution in [-0.4, -0.2) is 36.7 Å². The Balaban J connectivity index is 1.54. The van der Waals surface area contributed by atoms with Crippen LogP contribution in [0.15, 0.2) is 5.16 Å². The number of amides is 1. The van der Waals surface area contributed by atoms with Crippen LogP contribution < -0.4 is 5.32 Å². The Morgan fingerprint density at radius 2 is 2.00 bits per heavy atom. The fourth-order valence-corrected chi connectivity index (χ4v) is 4.84. The summed E-state index contributed by atoms with van der Waals surface area (Å²) in [6, 6.07) is 0. The van der Waals surface area contributed by atoms with Crippen molar-refractivity contribution in [1.82, 2.24) is 24.6 Å². The predicted molar refractivity (Wildman–Crippen MR) is 108 cm³/mol. The van der Waals surface area contributed by atoms with Crippen LogP contribution >= 0.6 is 23.1 Å². The van der Waals surface area contributed by atoms with Crippen molar-refractivity contribution < 1.29 is 4.79 Å². The van der Waals surface area contributed by atoms with Crippen molar-refractivity contribution in [2.24, 2.45) is 0 Å². The van der Waals surface area contributed by atoms with Gasteiger partial charge in [0, 0.05) is 21.8 Å². The maximum Gasteiger partial charge on any atom is 0.253 e. The lowest BCUT2D eigenvalue weighted by molar-refractivity contribution is -0.115. The highest BCUT2D eigenvalue weighted by Crippen LogP contribution is 2.29. The highest BCUT2D eigenvalue weighted by molar-refractivity contribution is 7.98. The second kappa shape index (κ2) is 7.55. The summed E-state index contributed by atoms with van der Waals surface area (Å²) in [5.41, 5.74) is 3.76. The van der Waals surface area contributed by atoms with Gasteiger partial charge in [0.1, 0.15) is 0 Å². The third-order valence-corrected chi connectivity index (χ3v) is 6.50. The van der Waals surface area contributed by atoms with Gasteiger partial charge in [-0.05, 0) is 45.8 Å². The fraction of sp³-hybridized carbons (Fsp3) is 0.500. The number of nitrogens with zero attached hydrogens (tertiary/aromatic N) is 5. The van der Waals surface area contributed by atoms with Crippen LogP contribution in [0.25, 0.3) is 5.78 Å². The van der Waals surface area contributed by atoms with Crippen LogP contribution in [0.3, 0.4) is 0 Å². The topological polar surface area (TPSA) is 85.1 Å². The summed E-state index contributed by atoms with van der Waals surface area (Å²) >= 11 is 3.09. The molecule has 0 aliphatic heterocycles. The van der Waals surface area contributed by atoms with E-state index in [1.165, 1.54) is 35.9 Å². The first-order valence-electron chi connectivity index (χ1n) is 9.10. The van der Waals surface area contributed by atoms with E-state index in [2.05, 4.69) is 25.4 Å². The lowest BCUT2D eigenvalue weighted by Crippen LogP contribution is -2.17. The molecule has 0 saturated carbocycles. The zero-order valence-corrected chi connectivity index (χ0v) is 17.3. The van der Waals surface area contributed by atoms with Gasteiger partial charge in [-0.2, -0.15) is 4.98 Å². The van der Waals surface area contributed by atoms with Gasteiger partial charge < -0.3 is 5.32 Å². The van der Waals surface area contributed by atoms with E-state index in [0.29, 0.717) is 16.1 Å². The molecule has 0 saturated heterocycles. The van der Waals surface area contributed by atoms with E-state index in [9.17, 15) is 4.79 Å². The molecule has 7 nitrogen and oxygen atoms in total. The summed E-state index contributed by atoms with van der Waals surface area (Å²) in [5.74, 6) is 0.499. The largest absolute Gasteiger partial charge is 0.302 e. The van der Waals surface area contributed by atoms with E-state index in [0.717, 1.165) is 35.5 Å². The third-order valence-electron chi connectivity index (χ3n) is 4.89. The number of rotatable bonds is 4. The summed E-state index contributed by atoms with van der Waals surface area (Å²) in [6.07, 6.45) is 7.93. The molecule has 4 rings (SSSR count). The number of carbonyl (C=O) groups is 1. The number of thioether (sulfide) groups is 1. The van der Waals surface area contributed by atoms with Crippen molar-refractivity contribution in [2.75, 3.05) is 11.6 Å². The number of carbonyl (C=O) groups excluding carboxylic acids is 1. The molecule has 0 spiro atoms. The van der Waals surface area contributed by atoms with Crippen molar-refractivity contribution >= 4 is 39.9 Å². The monoisotopic (exact) mass is 402 g/mol. The summed E-state index contributed by atoms with van der Waals surface area (Å²) < 4.78 is 1.72. The Bertz CT molecular complexity index is 986. The molecule has 0 radical (unpaired) electrons. The first-order chi connectivity index (χ1) is 13.0. The van der Waals surface area contributed by atoms with Crippen molar-refractivity contribution in [3.05, 3.63) is 27.5 Å². The first-order valence-corrected chi connectivity index (χ1v) is 11.1. The number of anilines is 1. The van der Waals surface area contributed by atoms with E-state index < -0.39 is 0 Å². The number of hydrogen-bond donors (Lipinski definition) is 1. The standard InChI is InChI=1S/C18H22N6OS2/c1-10-12(11(2)24-16(19-10)22-18(23-24)26-3)9-15(25)21-17-20-13-7-5-4-6-8-14(13)27-17/h4-9H2,1-3H3,(H,20,21,25). The Morgan fingerprint density at radius 3 is 2.81 bits per heavy atom. The molecular weight excluding hydrogens is 380 g/mol. The minimum atomic E-state index is -0.0727. The second-order valence-corrected chi connectivity index (χ2v) is 8.60. The first kappa shape index (κ1) is 18.4. The zero-order chi connectivity index (χ0) is 19.0. The van der Waals surface area contributed by atoms with Gasteiger partial charge in [-0.25, -0.2) is 14.5 Å². The fourth-order valence-electron chi connectivity index (χ4n) is 3.44. The average Bonchev–Trinajstić information content (AvgIpc) is 3.16. The van der Waals surface area contributed by atoms with Crippen LogP contribution in [-0.2, 0) is 24.1 Å². The number of aromatic nitrogens is 5. The molecule has 1 aliphatic carbocycles. The van der Waals surface area contributed by atoms with E-state index >= 15 is 0 Å². The molecule has 3 aromatic rings. The normalized spacial score (nSPS) is 14.2. The molecule has 3 heterocycles. The highest BCUT2D eigenvalue weighted by atomic mass is 32.2. The minimum absolute atomic E-state index is 0.0727. The third kappa shape index (κ3) is 3.70. The molecule has 0 atom stereocenters. The SMILES string of the molecule is CSc1nc2nc(C)c(CC(=O)Nc3nc4c(s3)CCCCC4)c(C)n2n1. The number of aryl methyl sites for hydroxylation is 4. The predicted octanol–water partition coefficient (Wildman–Crippen LogP) is 3.37. The van der Waals surface area contributed by atoms with Crippen LogP contribution in [0, 0.1) is 13.8 Å². The molecule has 1 amide bonds. The Kier molecular flexibility index (Phi) is 5.14. The van der Waals surface area contributed by atoms with Crippen LogP contribution in [0.5, 0.6) is 0 Å². The number of thiazole rings is 1. The average molecular weight is 403 g/mol. The van der Waals surface area contributed by atoms with Gasteiger partial charge >= 0.3 is 0 Å². The second-order valence-electron chi connectivity index (χ2n) is 6.75. The van der Waals surface area contributed by atoms with E-state index in [1.807, 2.05) is 20.1 Å². The molecule has 3 aromatic heterocycles. The summed E-state index contributed by atoms with van der Waals surface area (Å²) in [6.45, 7) is 3.86. The highest BCUT2D eigenvalue weighted by Gasteiger charge is 2.18. The number of hydrogen-bond acceptors (Lipinski definition) is 7. The summed E-state index contributed by atoms with van der Waals surface area (Å²) in [4.78, 5) is 27.5. The lowest BCUT2D eigenvalue weighted by Gasteiger charge is -2.09. The van der Waals surface area contributed by atoms with Crippen molar-refractivity contribution in [1.29, 1.82) is 0 Å². The van der Waals surface area contributed by atoms with Gasteiger partial charge in [0.15, 0.2) is 5.13 Å². The molecule has 1 N–H and O–H groups in total. The zero-order valence-electron chi connectivity index (χ0n) is 15.7. The minimum Gasteiger partial charge on any atom is -0.302 e. The maximum absolute atomic E-state index is 12.6. The molecule has 9 heteroatoms. The number of fused-ring (bicyclic) bond motifs is 2. The maximum atomic E-state index is 12.6. The van der Waals surface area contributed by atoms with E-state index in [4.69, 9.17) is 0 Å². The van der Waals surface area contributed by atoms with Crippen molar-refractivity contribution in [2.45, 2.75) is 57.5 Å². The number of nitrogens with one attached hydrogen (secondary N) is 1. The van der Waals surface area contributed by atoms with Gasteiger partial charge in [0.25, 0.3) is 5.78 Å². The van der Waals surface area contributed by atoms with Gasteiger partial charge in [-0.3, -0.25) is 4.79 Å². The summed E-state index contributed by atoms with van der Waals surface area (Å²) in [7, 11) is 0. The van der Waals surface area contributed by atoms with Gasteiger partial charge in [-0.1, -0.05) is 18.2 Å². The quantitative estimate of drug-likeness (QED) is 0.532. The van der Waals surface area contributed by atoms with Crippen LogP contribution in [0.4, 0.5) is 5.13 Å². The molecule has 1 aliphatic rings. The Hall–Kier alpha value is -2.00. The van der Waals surface area contributed by atoms with Gasteiger partial charge in [0.05, 0.1) is 12.1 Å². The molecule has 27 heavy (non-hydrogen) atoms. The van der Waals surface area contributed by atoms with Gasteiger partial charge in [-0.15, -0.1) is 16.4 Å². The molecule has 142 valence electrons. The van der Waals surface area contributed by atoms with E-state index in [-0.39, 0.29) is 12.3 Å². The molecule has 0 aromatic carbocycles. The van der Waals surface area contributed by atoms with Crippen LogP contribution in [0.2, 0.25) is 0 Å². The lowest BCUT2D eigenvalue weighted by atomic mass is 10.1. The van der Waals surface area contributed by atoms with Crippen molar-refractivity contribution in [3.63, 3.8) is 0 Å². The van der Waals surface area contributed by atoms with Gasteiger partial charge in [0.2, 0.25) is 11.1 Å². The summed E-state index contributed by atoms with van der Waals surface area (Å²) in [5, 5.41) is 8.81. The van der Waals surface area contributed by atoms with E-state index in [1.54, 1.807) is 15.9 Å².